The fourth-order valence-electron chi connectivity index (χ4n) is 11.6. The lowest BCUT2D eigenvalue weighted by Gasteiger charge is -2.34. The molecule has 0 radical (unpaired) electrons. The third-order valence-corrected chi connectivity index (χ3v) is 14.3. The number of aryl methyl sites for hydroxylation is 2. The van der Waals surface area contributed by atoms with Gasteiger partial charge < -0.3 is 0 Å². The number of nitrogens with zero attached hydrogens (tertiary/aromatic N) is 1. The highest BCUT2D eigenvalue weighted by Gasteiger charge is 2.54. The van der Waals surface area contributed by atoms with Crippen molar-refractivity contribution in [1.29, 1.82) is 0 Å². The molecule has 1 heterocycles. The molecule has 0 N–H and O–H groups in total. The van der Waals surface area contributed by atoms with Crippen LogP contribution in [-0.4, -0.2) is 4.98 Å². The van der Waals surface area contributed by atoms with Gasteiger partial charge in [0.05, 0.1) is 16.6 Å². The molecule has 314 valence electrons. The molecule has 0 bridgehead atoms. The van der Waals surface area contributed by atoms with E-state index in [0.29, 0.717) is 0 Å². The van der Waals surface area contributed by atoms with E-state index in [-0.39, 0.29) is 5.41 Å². The highest BCUT2D eigenvalue weighted by molar-refractivity contribution is 6.19. The average Bonchev–Trinajstić information content (AvgIpc) is 3.98. The van der Waals surface area contributed by atoms with Crippen molar-refractivity contribution in [3.05, 3.63) is 249 Å². The van der Waals surface area contributed by atoms with Gasteiger partial charge in [0.25, 0.3) is 0 Å². The summed E-state index contributed by atoms with van der Waals surface area (Å²) < 4.78 is 0. The molecule has 5 aliphatic rings. The van der Waals surface area contributed by atoms with E-state index in [0.717, 1.165) is 54.3 Å². The Morgan fingerprint density at radius 2 is 1.34 bits per heavy atom. The van der Waals surface area contributed by atoms with Gasteiger partial charge in [0, 0.05) is 27.8 Å². The van der Waals surface area contributed by atoms with Gasteiger partial charge in [0.15, 0.2) is 0 Å². The molecule has 8 aromatic rings. The summed E-state index contributed by atoms with van der Waals surface area (Å²) in [5.41, 5.74) is 26.8. The minimum Gasteiger partial charge on any atom is -0.246 e. The lowest BCUT2D eigenvalue weighted by Crippen LogP contribution is -2.28. The predicted octanol–water partition coefficient (Wildman–Crippen LogP) is 16.6. The second-order valence-corrected chi connectivity index (χ2v) is 17.9. The second kappa shape index (κ2) is 16.4. The van der Waals surface area contributed by atoms with E-state index in [9.17, 15) is 0 Å². The number of allylic oxidation sites excluding steroid dienone is 9. The van der Waals surface area contributed by atoms with E-state index in [4.69, 9.17) is 4.98 Å². The molecule has 13 rings (SSSR count). The van der Waals surface area contributed by atoms with Crippen LogP contribution in [0.4, 0.5) is 0 Å². The highest BCUT2D eigenvalue weighted by atomic mass is 14.7. The van der Waals surface area contributed by atoms with Crippen LogP contribution in [0.2, 0.25) is 0 Å². The summed E-state index contributed by atoms with van der Waals surface area (Å²) in [6.45, 7) is 10.6. The van der Waals surface area contributed by atoms with Gasteiger partial charge in [-0.2, -0.15) is 0 Å². The zero-order chi connectivity index (χ0) is 44.2. The van der Waals surface area contributed by atoms with Crippen LogP contribution in [0.3, 0.4) is 0 Å². The fraction of sp³-hybridized carbons (Fsp3) is 0.172. The molecule has 7 aromatic carbocycles. The molecule has 5 aliphatic carbocycles. The van der Waals surface area contributed by atoms with E-state index in [1.165, 1.54) is 99.8 Å². The Bertz CT molecular complexity index is 3370. The Labute approximate surface area is 384 Å². The van der Waals surface area contributed by atoms with Crippen molar-refractivity contribution in [2.24, 2.45) is 0 Å². The number of rotatable bonds is 3. The van der Waals surface area contributed by atoms with E-state index < -0.39 is 0 Å². The van der Waals surface area contributed by atoms with Crippen molar-refractivity contribution < 1.29 is 0 Å². The standard InChI is InChI=1S/C39H27N.C23H20.C2H6/c1-24-18-20-25(21-19-24)38-30-22-23-34-37(36(30)29-13-5-9-17-35(29)40-38)28-12-4-8-16-33(28)39(34)31-14-6-2-10-26(31)27-11-3-7-15-32(27)39;1-16-14-19(18-8-4-3-5-9-18)12-13-21(16)23-17(2)15-20-10-6-7-11-22(20)23;1-2/h2-3,6,10-14,16-23H,4,7-8,15H2,1H3;3-14H,15H2,1-2H3;1-2H3. The summed E-state index contributed by atoms with van der Waals surface area (Å²) in [5.74, 6) is 0. The molecule has 0 aliphatic heterocycles. The molecule has 0 fully saturated rings. The Morgan fingerprint density at radius 1 is 0.600 bits per heavy atom. The van der Waals surface area contributed by atoms with Gasteiger partial charge in [0.1, 0.15) is 0 Å². The van der Waals surface area contributed by atoms with Crippen molar-refractivity contribution in [1.82, 2.24) is 4.98 Å². The molecular formula is C64H53N. The average molecular weight is 836 g/mol. The molecule has 1 atom stereocenters. The van der Waals surface area contributed by atoms with Gasteiger partial charge in [0.2, 0.25) is 0 Å². The first-order chi connectivity index (χ1) is 32.0. The first-order valence-electron chi connectivity index (χ1n) is 23.6. The minimum absolute atomic E-state index is 0.225. The zero-order valence-electron chi connectivity index (χ0n) is 38.1. The first-order valence-corrected chi connectivity index (χ1v) is 23.6. The molecule has 1 aromatic heterocycles. The molecule has 0 saturated carbocycles. The lowest BCUT2D eigenvalue weighted by atomic mass is 9.67. The number of aromatic nitrogens is 1. The van der Waals surface area contributed by atoms with Crippen molar-refractivity contribution >= 4 is 38.4 Å². The van der Waals surface area contributed by atoms with Crippen LogP contribution in [0.5, 0.6) is 0 Å². The number of benzene rings is 6. The SMILES string of the molecule is CC.CC1=C(c2ccc(-c3ccccc3)cc2C)c2ccccc2C1.Cc1ccc(-c2nc3cc#ccc3c3c4c(ccc23)C2(C3=CCCC=C34)C3=C(C=CCC3)c3ccccc32)cc1. The number of fused-ring (bicyclic) bond motifs is 14. The molecule has 0 saturated heterocycles. The van der Waals surface area contributed by atoms with E-state index in [1.807, 2.05) is 19.9 Å². The van der Waals surface area contributed by atoms with Crippen LogP contribution < -0.4 is 0 Å². The Balaban J connectivity index is 0.000000160. The van der Waals surface area contributed by atoms with Crippen molar-refractivity contribution in [3.8, 4) is 22.4 Å². The molecule has 1 nitrogen and oxygen atoms in total. The number of hydrogen-bond acceptors (Lipinski definition) is 1. The molecule has 1 unspecified atom stereocenters. The summed E-state index contributed by atoms with van der Waals surface area (Å²) in [5, 5.41) is 3.67. The van der Waals surface area contributed by atoms with Crippen LogP contribution in [0, 0.1) is 26.0 Å². The summed E-state index contributed by atoms with van der Waals surface area (Å²) in [4.78, 5) is 5.22. The zero-order valence-corrected chi connectivity index (χ0v) is 38.1. The molecular weight excluding hydrogens is 783 g/mol. The van der Waals surface area contributed by atoms with Crippen LogP contribution in [0.15, 0.2) is 187 Å². The van der Waals surface area contributed by atoms with Crippen molar-refractivity contribution in [3.63, 3.8) is 0 Å². The van der Waals surface area contributed by atoms with Gasteiger partial charge in [-0.25, -0.2) is 4.98 Å². The van der Waals surface area contributed by atoms with Crippen LogP contribution >= 0.6 is 0 Å². The Morgan fingerprint density at radius 3 is 2.17 bits per heavy atom. The molecule has 1 spiro atoms. The Hall–Kier alpha value is -7.27. The molecule has 0 amide bonds. The number of hydrogen-bond donors (Lipinski definition) is 0. The Kier molecular flexibility index (Phi) is 10.2. The van der Waals surface area contributed by atoms with E-state index in [2.05, 4.69) is 197 Å². The summed E-state index contributed by atoms with van der Waals surface area (Å²) in [6, 6.07) is 59.5. The summed E-state index contributed by atoms with van der Waals surface area (Å²) in [6.07, 6.45) is 15.2. The maximum Gasteiger partial charge on any atom is 0.0806 e. The maximum atomic E-state index is 5.22. The summed E-state index contributed by atoms with van der Waals surface area (Å²) >= 11 is 0. The predicted molar refractivity (Wildman–Crippen MR) is 275 cm³/mol. The smallest absolute Gasteiger partial charge is 0.0806 e. The van der Waals surface area contributed by atoms with Crippen LogP contribution in [0.1, 0.15) is 96.5 Å². The highest BCUT2D eigenvalue weighted by Crippen LogP contribution is 2.66. The maximum absolute atomic E-state index is 5.22. The van der Waals surface area contributed by atoms with Crippen molar-refractivity contribution in [2.75, 3.05) is 0 Å². The van der Waals surface area contributed by atoms with Gasteiger partial charge >= 0.3 is 0 Å². The van der Waals surface area contributed by atoms with Gasteiger partial charge in [-0.15, -0.1) is 0 Å². The quantitative estimate of drug-likeness (QED) is 0.173. The van der Waals surface area contributed by atoms with Crippen molar-refractivity contribution in [2.45, 2.75) is 72.1 Å². The third-order valence-electron chi connectivity index (χ3n) is 14.3. The molecule has 65 heavy (non-hydrogen) atoms. The van der Waals surface area contributed by atoms with Gasteiger partial charge in [-0.3, -0.25) is 0 Å². The van der Waals surface area contributed by atoms with E-state index in [1.54, 1.807) is 5.57 Å². The van der Waals surface area contributed by atoms with Crippen LogP contribution in [-0.2, 0) is 11.8 Å². The molecule has 1 heteroatoms. The van der Waals surface area contributed by atoms with E-state index >= 15 is 0 Å². The normalized spacial score (nSPS) is 17.2. The van der Waals surface area contributed by atoms with Crippen LogP contribution in [0.25, 0.3) is 60.8 Å². The fourth-order valence-corrected chi connectivity index (χ4v) is 11.6. The monoisotopic (exact) mass is 835 g/mol. The minimum atomic E-state index is -0.225. The number of pyridine rings is 1. The first kappa shape index (κ1) is 40.5. The third kappa shape index (κ3) is 6.34. The largest absolute Gasteiger partial charge is 0.246 e. The van der Waals surface area contributed by atoms with Gasteiger partial charge in [-0.05, 0) is 142 Å². The summed E-state index contributed by atoms with van der Waals surface area (Å²) in [7, 11) is 0. The lowest BCUT2D eigenvalue weighted by molar-refractivity contribution is 0.708. The van der Waals surface area contributed by atoms with Gasteiger partial charge in [-0.1, -0.05) is 195 Å². The second-order valence-electron chi connectivity index (χ2n) is 17.9. The topological polar surface area (TPSA) is 12.9 Å².